The van der Waals surface area contributed by atoms with Crippen LogP contribution in [-0.2, 0) is 4.79 Å². The molecule has 0 radical (unpaired) electrons. The Hall–Kier alpha value is -2.84. The van der Waals surface area contributed by atoms with E-state index in [0.29, 0.717) is 6.07 Å². The highest BCUT2D eigenvalue weighted by Gasteiger charge is 2.20. The van der Waals surface area contributed by atoms with Gasteiger partial charge in [-0.3, -0.25) is 19.6 Å². The van der Waals surface area contributed by atoms with Crippen LogP contribution in [0.1, 0.15) is 13.0 Å². The summed E-state index contributed by atoms with van der Waals surface area (Å²) in [5, 5.41) is 16.5. The van der Waals surface area contributed by atoms with Gasteiger partial charge < -0.3 is 5.32 Å². The van der Waals surface area contributed by atoms with Crippen molar-refractivity contribution < 1.29 is 18.5 Å². The molecule has 0 fully saturated rings. The van der Waals surface area contributed by atoms with Gasteiger partial charge in [0.1, 0.15) is 30.1 Å². The number of halogens is 2. The Kier molecular flexibility index (Phi) is 3.92. The van der Waals surface area contributed by atoms with Gasteiger partial charge in [0.15, 0.2) is 0 Å². The van der Waals surface area contributed by atoms with E-state index in [1.54, 1.807) is 0 Å². The molecule has 2 aromatic rings. The van der Waals surface area contributed by atoms with Crippen LogP contribution in [0.5, 0.6) is 0 Å². The van der Waals surface area contributed by atoms with E-state index in [1.807, 2.05) is 0 Å². The van der Waals surface area contributed by atoms with E-state index in [4.69, 9.17) is 0 Å². The SMILES string of the molecule is C[C@@H](C(=O)Nc1ccc(F)cc1F)n1cc([N+](=O)[O-])cn1. The maximum Gasteiger partial charge on any atom is 0.307 e. The van der Waals surface area contributed by atoms with Gasteiger partial charge in [-0.2, -0.15) is 5.10 Å². The number of nitro groups is 1. The van der Waals surface area contributed by atoms with Crippen LogP contribution in [0.15, 0.2) is 30.6 Å². The second kappa shape index (κ2) is 5.65. The first-order chi connectivity index (χ1) is 9.88. The second-order valence-corrected chi connectivity index (χ2v) is 4.23. The first kappa shape index (κ1) is 14.6. The molecule has 2 rings (SSSR count). The summed E-state index contributed by atoms with van der Waals surface area (Å²) in [6.07, 6.45) is 2.09. The fourth-order valence-electron chi connectivity index (χ4n) is 1.58. The quantitative estimate of drug-likeness (QED) is 0.692. The number of carbonyl (C=O) groups excluding carboxylic acids is 1. The van der Waals surface area contributed by atoms with Gasteiger partial charge in [-0.05, 0) is 19.1 Å². The fourth-order valence-corrected chi connectivity index (χ4v) is 1.58. The third kappa shape index (κ3) is 3.19. The third-order valence-corrected chi connectivity index (χ3v) is 2.76. The van der Waals surface area contributed by atoms with Gasteiger partial charge >= 0.3 is 5.69 Å². The van der Waals surface area contributed by atoms with Gasteiger partial charge in [0.2, 0.25) is 5.91 Å². The number of rotatable bonds is 4. The summed E-state index contributed by atoms with van der Waals surface area (Å²) in [4.78, 5) is 21.8. The smallest absolute Gasteiger partial charge is 0.307 e. The lowest BCUT2D eigenvalue weighted by molar-refractivity contribution is -0.385. The monoisotopic (exact) mass is 296 g/mol. The van der Waals surface area contributed by atoms with Crippen molar-refractivity contribution in [1.29, 1.82) is 0 Å². The number of hydrogen-bond acceptors (Lipinski definition) is 4. The van der Waals surface area contributed by atoms with E-state index in [2.05, 4.69) is 10.4 Å². The van der Waals surface area contributed by atoms with Crippen LogP contribution in [0.4, 0.5) is 20.2 Å². The Labute approximate surface area is 117 Å². The van der Waals surface area contributed by atoms with E-state index >= 15 is 0 Å². The van der Waals surface area contributed by atoms with Gasteiger partial charge in [-0.15, -0.1) is 0 Å². The molecule has 1 aromatic carbocycles. The predicted octanol–water partition coefficient (Wildman–Crippen LogP) is 2.27. The summed E-state index contributed by atoms with van der Waals surface area (Å²) in [6, 6.07) is 1.82. The molecule has 0 aliphatic heterocycles. The maximum absolute atomic E-state index is 13.4. The number of anilines is 1. The zero-order chi connectivity index (χ0) is 15.6. The number of carbonyl (C=O) groups is 1. The molecule has 0 aliphatic carbocycles. The third-order valence-electron chi connectivity index (χ3n) is 2.76. The number of aromatic nitrogens is 2. The van der Waals surface area contributed by atoms with Crippen molar-refractivity contribution >= 4 is 17.3 Å². The molecule has 1 heterocycles. The van der Waals surface area contributed by atoms with Crippen molar-refractivity contribution in [2.45, 2.75) is 13.0 Å². The van der Waals surface area contributed by atoms with Gasteiger partial charge in [0, 0.05) is 6.07 Å². The minimum absolute atomic E-state index is 0.185. The average Bonchev–Trinajstić information content (AvgIpc) is 2.90. The van der Waals surface area contributed by atoms with Crippen LogP contribution in [-0.4, -0.2) is 20.6 Å². The average molecular weight is 296 g/mol. The second-order valence-electron chi connectivity index (χ2n) is 4.23. The van der Waals surface area contributed by atoms with E-state index in [1.165, 1.54) is 6.92 Å². The number of nitrogens with zero attached hydrogens (tertiary/aromatic N) is 3. The lowest BCUT2D eigenvalue weighted by atomic mass is 10.2. The van der Waals surface area contributed by atoms with E-state index in [-0.39, 0.29) is 11.4 Å². The number of benzene rings is 1. The predicted molar refractivity (Wildman–Crippen MR) is 68.6 cm³/mol. The zero-order valence-electron chi connectivity index (χ0n) is 10.8. The molecule has 0 saturated heterocycles. The van der Waals surface area contributed by atoms with E-state index in [9.17, 15) is 23.7 Å². The Bertz CT molecular complexity index is 702. The minimum Gasteiger partial charge on any atom is -0.322 e. The van der Waals surface area contributed by atoms with Crippen LogP contribution in [0.2, 0.25) is 0 Å². The highest BCUT2D eigenvalue weighted by atomic mass is 19.1. The highest BCUT2D eigenvalue weighted by Crippen LogP contribution is 2.18. The van der Waals surface area contributed by atoms with Gasteiger partial charge in [0.05, 0.1) is 10.6 Å². The summed E-state index contributed by atoms with van der Waals surface area (Å²) in [5.41, 5.74) is -0.447. The van der Waals surface area contributed by atoms with Gasteiger partial charge in [-0.1, -0.05) is 0 Å². The lowest BCUT2D eigenvalue weighted by Crippen LogP contribution is -2.24. The minimum atomic E-state index is -0.915. The van der Waals surface area contributed by atoms with Crippen LogP contribution < -0.4 is 5.32 Å². The molecule has 1 amide bonds. The summed E-state index contributed by atoms with van der Waals surface area (Å²) in [7, 11) is 0. The standard InChI is InChI=1S/C12H10F2N4O3/c1-7(17-6-9(5-15-17)18(20)21)12(19)16-11-3-2-8(13)4-10(11)14/h2-7H,1H3,(H,16,19)/t7-/m0/s1. The molecule has 0 bridgehead atoms. The summed E-state index contributed by atoms with van der Waals surface area (Å²) >= 11 is 0. The summed E-state index contributed by atoms with van der Waals surface area (Å²) < 4.78 is 27.3. The fraction of sp³-hybridized carbons (Fsp3) is 0.167. The van der Waals surface area contributed by atoms with Crippen molar-refractivity contribution in [2.24, 2.45) is 0 Å². The van der Waals surface area contributed by atoms with Crippen molar-refractivity contribution in [2.75, 3.05) is 5.32 Å². The van der Waals surface area contributed by atoms with Crippen molar-refractivity contribution in [1.82, 2.24) is 9.78 Å². The zero-order valence-corrected chi connectivity index (χ0v) is 10.8. The Morgan fingerprint density at radius 3 is 2.76 bits per heavy atom. The normalized spacial score (nSPS) is 12.0. The summed E-state index contributed by atoms with van der Waals surface area (Å²) in [6.45, 7) is 1.44. The summed E-state index contributed by atoms with van der Waals surface area (Å²) in [5.74, 6) is -2.32. The first-order valence-corrected chi connectivity index (χ1v) is 5.83. The molecule has 0 spiro atoms. The molecule has 110 valence electrons. The molecule has 1 aromatic heterocycles. The Morgan fingerprint density at radius 2 is 2.19 bits per heavy atom. The van der Waals surface area contributed by atoms with Crippen molar-refractivity contribution in [3.05, 3.63) is 52.3 Å². The highest BCUT2D eigenvalue weighted by molar-refractivity contribution is 5.93. The molecule has 9 heteroatoms. The van der Waals surface area contributed by atoms with E-state index in [0.717, 1.165) is 29.2 Å². The largest absolute Gasteiger partial charge is 0.322 e. The molecule has 0 unspecified atom stereocenters. The first-order valence-electron chi connectivity index (χ1n) is 5.83. The lowest BCUT2D eigenvalue weighted by Gasteiger charge is -2.12. The molecule has 7 nitrogen and oxygen atoms in total. The van der Waals surface area contributed by atoms with Gasteiger partial charge in [0.25, 0.3) is 0 Å². The van der Waals surface area contributed by atoms with Crippen molar-refractivity contribution in [3.8, 4) is 0 Å². The Morgan fingerprint density at radius 1 is 1.48 bits per heavy atom. The molecular weight excluding hydrogens is 286 g/mol. The molecule has 0 aliphatic rings. The van der Waals surface area contributed by atoms with Crippen LogP contribution in [0.3, 0.4) is 0 Å². The topological polar surface area (TPSA) is 90.1 Å². The molecule has 0 saturated carbocycles. The Balaban J connectivity index is 2.13. The van der Waals surface area contributed by atoms with E-state index < -0.39 is 28.5 Å². The van der Waals surface area contributed by atoms with Crippen LogP contribution >= 0.6 is 0 Å². The molecule has 21 heavy (non-hydrogen) atoms. The number of nitrogens with one attached hydrogen (secondary N) is 1. The van der Waals surface area contributed by atoms with Crippen molar-refractivity contribution in [3.63, 3.8) is 0 Å². The number of amides is 1. The molecule has 1 atom stereocenters. The van der Waals surface area contributed by atoms with Gasteiger partial charge in [-0.25, -0.2) is 8.78 Å². The van der Waals surface area contributed by atoms with Crippen LogP contribution in [0.25, 0.3) is 0 Å². The van der Waals surface area contributed by atoms with Crippen LogP contribution in [0, 0.1) is 21.7 Å². The molecular formula is C12H10F2N4O3. The number of hydrogen-bond donors (Lipinski definition) is 1. The maximum atomic E-state index is 13.4. The molecule has 1 N–H and O–H groups in total.